The van der Waals surface area contributed by atoms with Crippen LogP contribution in [0.4, 0.5) is 17.3 Å². The molecule has 7 nitrogen and oxygen atoms in total. The fraction of sp³-hybridized carbons (Fsp3) is 0.130. The predicted molar refractivity (Wildman–Crippen MR) is 135 cm³/mol. The minimum Gasteiger partial charge on any atom is -0.492 e. The molecule has 0 saturated heterocycles. The van der Waals surface area contributed by atoms with Crippen LogP contribution in [0.1, 0.15) is 12.5 Å². The lowest BCUT2D eigenvalue weighted by molar-refractivity contribution is 0.331. The zero-order chi connectivity index (χ0) is 23.6. The van der Waals surface area contributed by atoms with Crippen LogP contribution in [0.15, 0.2) is 70.0 Å². The summed E-state index contributed by atoms with van der Waals surface area (Å²) in [4.78, 5) is 9.13. The first-order valence-electron chi connectivity index (χ1n) is 10.0. The fourth-order valence-corrected chi connectivity index (χ4v) is 5.05. The molecule has 0 bridgehead atoms. The Labute approximate surface area is 205 Å². The van der Waals surface area contributed by atoms with Crippen LogP contribution in [-0.4, -0.2) is 25.0 Å². The molecule has 2 N–H and O–H groups in total. The van der Waals surface area contributed by atoms with Crippen molar-refractivity contribution >= 4 is 65.9 Å². The number of aromatic nitrogens is 2. The van der Waals surface area contributed by atoms with Crippen LogP contribution < -0.4 is 14.8 Å². The standard InChI is InChI=1S/C23H20BrClN4O3S/c1-3-32-20-12-11-15(24)13-21(20)33(30,31)29-23-22(26-17-10-6-7-16(25)14(17)2)27-18-8-4-5-9-19(18)28-23/h4-13H,3H2,1-2H3,(H,26,27)(H,28,29). The number of para-hydroxylation sites is 2. The molecule has 0 aliphatic heterocycles. The molecule has 33 heavy (non-hydrogen) atoms. The Kier molecular flexibility index (Phi) is 6.73. The monoisotopic (exact) mass is 546 g/mol. The second kappa shape index (κ2) is 9.54. The third-order valence-electron chi connectivity index (χ3n) is 4.82. The third kappa shape index (κ3) is 5.05. The summed E-state index contributed by atoms with van der Waals surface area (Å²) < 4.78 is 35.5. The van der Waals surface area contributed by atoms with Gasteiger partial charge in [0.15, 0.2) is 11.6 Å². The fourth-order valence-electron chi connectivity index (χ4n) is 3.18. The summed E-state index contributed by atoms with van der Waals surface area (Å²) in [5.41, 5.74) is 2.64. The molecule has 3 aromatic carbocycles. The number of benzene rings is 3. The molecule has 0 aliphatic rings. The zero-order valence-corrected chi connectivity index (χ0v) is 20.9. The van der Waals surface area contributed by atoms with Gasteiger partial charge in [-0.25, -0.2) is 18.4 Å². The van der Waals surface area contributed by atoms with Gasteiger partial charge < -0.3 is 10.1 Å². The summed E-state index contributed by atoms with van der Waals surface area (Å²) >= 11 is 9.59. The van der Waals surface area contributed by atoms with Crippen LogP contribution in [0.2, 0.25) is 5.02 Å². The summed E-state index contributed by atoms with van der Waals surface area (Å²) in [5, 5.41) is 3.75. The van der Waals surface area contributed by atoms with Crippen molar-refractivity contribution in [2.45, 2.75) is 18.7 Å². The molecule has 4 rings (SSSR count). The smallest absolute Gasteiger partial charge is 0.266 e. The second-order valence-corrected chi connectivity index (χ2v) is 10.1. The highest BCUT2D eigenvalue weighted by atomic mass is 79.9. The summed E-state index contributed by atoms with van der Waals surface area (Å²) in [6.07, 6.45) is 0. The lowest BCUT2D eigenvalue weighted by Crippen LogP contribution is -2.17. The molecule has 0 fully saturated rings. The van der Waals surface area contributed by atoms with E-state index in [9.17, 15) is 8.42 Å². The highest BCUT2D eigenvalue weighted by Gasteiger charge is 2.23. The molecule has 0 unspecified atom stereocenters. The lowest BCUT2D eigenvalue weighted by Gasteiger charge is -2.16. The van der Waals surface area contributed by atoms with E-state index in [1.165, 1.54) is 6.07 Å². The zero-order valence-electron chi connectivity index (χ0n) is 17.8. The normalized spacial score (nSPS) is 11.4. The highest BCUT2D eigenvalue weighted by molar-refractivity contribution is 9.10. The molecule has 1 heterocycles. The van der Waals surface area contributed by atoms with Crippen molar-refractivity contribution in [2.24, 2.45) is 0 Å². The summed E-state index contributed by atoms with van der Waals surface area (Å²) in [7, 11) is -4.06. The molecule has 0 aliphatic carbocycles. The third-order valence-corrected chi connectivity index (χ3v) is 7.08. The van der Waals surface area contributed by atoms with Gasteiger partial charge in [-0.3, -0.25) is 4.72 Å². The Balaban J connectivity index is 1.82. The molecule has 0 saturated carbocycles. The molecule has 0 radical (unpaired) electrons. The van der Waals surface area contributed by atoms with Gasteiger partial charge in [0.25, 0.3) is 10.0 Å². The van der Waals surface area contributed by atoms with Crippen LogP contribution in [0.5, 0.6) is 5.75 Å². The van der Waals surface area contributed by atoms with Crippen molar-refractivity contribution in [3.05, 3.63) is 75.7 Å². The number of nitrogens with one attached hydrogen (secondary N) is 2. The van der Waals surface area contributed by atoms with E-state index in [4.69, 9.17) is 16.3 Å². The van der Waals surface area contributed by atoms with E-state index in [0.717, 1.165) is 5.56 Å². The quantitative estimate of drug-likeness (QED) is 0.282. The summed E-state index contributed by atoms with van der Waals surface area (Å²) in [6, 6.07) is 17.4. The van der Waals surface area contributed by atoms with Crippen molar-refractivity contribution in [3.63, 3.8) is 0 Å². The van der Waals surface area contributed by atoms with Crippen LogP contribution >= 0.6 is 27.5 Å². The van der Waals surface area contributed by atoms with E-state index in [1.807, 2.05) is 25.1 Å². The first kappa shape index (κ1) is 23.3. The number of ether oxygens (including phenoxy) is 1. The maximum atomic E-state index is 13.4. The number of sulfonamides is 1. The van der Waals surface area contributed by atoms with E-state index in [1.54, 1.807) is 43.3 Å². The van der Waals surface area contributed by atoms with Gasteiger partial charge in [-0.05, 0) is 61.9 Å². The number of fused-ring (bicyclic) bond motifs is 1. The molecule has 0 spiro atoms. The Morgan fingerprint density at radius 1 is 1.00 bits per heavy atom. The van der Waals surface area contributed by atoms with Gasteiger partial charge in [0, 0.05) is 15.2 Å². The Morgan fingerprint density at radius 3 is 2.39 bits per heavy atom. The van der Waals surface area contributed by atoms with Crippen molar-refractivity contribution in [3.8, 4) is 5.75 Å². The van der Waals surface area contributed by atoms with Crippen LogP contribution in [0, 0.1) is 6.92 Å². The van der Waals surface area contributed by atoms with E-state index in [-0.39, 0.29) is 22.3 Å². The number of hydrogen-bond acceptors (Lipinski definition) is 6. The van der Waals surface area contributed by atoms with Crippen molar-refractivity contribution in [2.75, 3.05) is 16.6 Å². The van der Waals surface area contributed by atoms with Gasteiger partial charge in [-0.2, -0.15) is 0 Å². The van der Waals surface area contributed by atoms with E-state index >= 15 is 0 Å². The molecule has 10 heteroatoms. The number of halogens is 2. The maximum Gasteiger partial charge on any atom is 0.266 e. The summed E-state index contributed by atoms with van der Waals surface area (Å²) in [6.45, 7) is 3.97. The van der Waals surface area contributed by atoms with Crippen LogP contribution in [0.3, 0.4) is 0 Å². The van der Waals surface area contributed by atoms with Gasteiger partial charge in [-0.15, -0.1) is 0 Å². The number of rotatable bonds is 7. The van der Waals surface area contributed by atoms with Gasteiger partial charge in [0.1, 0.15) is 10.6 Å². The Hall–Kier alpha value is -2.88. The molecule has 170 valence electrons. The number of nitrogens with zero attached hydrogens (tertiary/aromatic N) is 2. The first-order valence-corrected chi connectivity index (χ1v) is 12.7. The number of anilines is 3. The van der Waals surface area contributed by atoms with Gasteiger partial charge in [0.05, 0.1) is 17.6 Å². The van der Waals surface area contributed by atoms with E-state index in [2.05, 4.69) is 35.9 Å². The molecule has 0 atom stereocenters. The van der Waals surface area contributed by atoms with Gasteiger partial charge in [0.2, 0.25) is 0 Å². The second-order valence-electron chi connectivity index (χ2n) is 7.08. The van der Waals surface area contributed by atoms with Crippen molar-refractivity contribution in [1.82, 2.24) is 9.97 Å². The summed E-state index contributed by atoms with van der Waals surface area (Å²) in [5.74, 6) is 0.535. The van der Waals surface area contributed by atoms with Crippen LogP contribution in [-0.2, 0) is 10.0 Å². The SMILES string of the molecule is CCOc1ccc(Br)cc1S(=O)(=O)Nc1nc2ccccc2nc1Nc1cccc(Cl)c1C. The largest absolute Gasteiger partial charge is 0.492 e. The molecule has 4 aromatic rings. The molecular weight excluding hydrogens is 528 g/mol. The average Bonchev–Trinajstić information content (AvgIpc) is 2.78. The average molecular weight is 548 g/mol. The van der Waals surface area contributed by atoms with E-state index < -0.39 is 10.0 Å². The van der Waals surface area contributed by atoms with Crippen molar-refractivity contribution in [1.29, 1.82) is 0 Å². The first-order chi connectivity index (χ1) is 15.8. The Morgan fingerprint density at radius 2 is 1.70 bits per heavy atom. The van der Waals surface area contributed by atoms with Crippen LogP contribution in [0.25, 0.3) is 11.0 Å². The topological polar surface area (TPSA) is 93.2 Å². The minimum absolute atomic E-state index is 0.0152. The number of hydrogen-bond donors (Lipinski definition) is 2. The van der Waals surface area contributed by atoms with Gasteiger partial charge in [-0.1, -0.05) is 45.7 Å². The van der Waals surface area contributed by atoms with Gasteiger partial charge >= 0.3 is 0 Å². The van der Waals surface area contributed by atoms with E-state index in [0.29, 0.717) is 32.8 Å². The minimum atomic E-state index is -4.06. The highest BCUT2D eigenvalue weighted by Crippen LogP contribution is 2.33. The molecular formula is C23H20BrClN4O3S. The van der Waals surface area contributed by atoms with Crippen molar-refractivity contribution < 1.29 is 13.2 Å². The Bertz CT molecular complexity index is 1450. The molecule has 0 amide bonds. The lowest BCUT2D eigenvalue weighted by atomic mass is 10.2. The maximum absolute atomic E-state index is 13.4. The molecule has 1 aromatic heterocycles. The predicted octanol–water partition coefficient (Wildman–Crippen LogP) is 6.30.